The lowest BCUT2D eigenvalue weighted by Gasteiger charge is -2.37. The van der Waals surface area contributed by atoms with Gasteiger partial charge in [0, 0.05) is 13.1 Å². The molecule has 0 spiro atoms. The summed E-state index contributed by atoms with van der Waals surface area (Å²) in [6, 6.07) is 1.87. The number of carboxylic acids is 1. The number of rotatable bonds is 2. The third-order valence-corrected chi connectivity index (χ3v) is 2.31. The Bertz CT molecular complexity index is 417. The number of hydrogen-bond donors (Lipinski definition) is 1. The van der Waals surface area contributed by atoms with Crippen LogP contribution in [0, 0.1) is 17.2 Å². The molecule has 1 aliphatic rings. The average molecular weight is 204 g/mol. The summed E-state index contributed by atoms with van der Waals surface area (Å²) in [5.74, 6) is -0.484. The van der Waals surface area contributed by atoms with E-state index in [4.69, 9.17) is 10.4 Å². The van der Waals surface area contributed by atoms with Crippen molar-refractivity contribution in [3.63, 3.8) is 0 Å². The van der Waals surface area contributed by atoms with Crippen LogP contribution in [0.2, 0.25) is 0 Å². The number of carbonyl (C=O) groups is 1. The highest BCUT2D eigenvalue weighted by molar-refractivity contribution is 5.74. The largest absolute Gasteiger partial charge is 0.481 e. The van der Waals surface area contributed by atoms with Crippen LogP contribution < -0.4 is 4.90 Å². The first-order valence-electron chi connectivity index (χ1n) is 4.40. The smallest absolute Gasteiger partial charge is 0.310 e. The topological polar surface area (TPSA) is 90.1 Å². The van der Waals surface area contributed by atoms with Gasteiger partial charge in [-0.3, -0.25) is 4.79 Å². The second kappa shape index (κ2) is 3.53. The maximum absolute atomic E-state index is 10.6. The molecule has 0 amide bonds. The highest BCUT2D eigenvalue weighted by atomic mass is 16.4. The van der Waals surface area contributed by atoms with E-state index in [0.717, 1.165) is 0 Å². The number of aromatic nitrogens is 2. The quantitative estimate of drug-likeness (QED) is 0.721. The molecule has 1 aromatic heterocycles. The first kappa shape index (κ1) is 9.40. The van der Waals surface area contributed by atoms with E-state index >= 15 is 0 Å². The predicted molar refractivity (Wildman–Crippen MR) is 50.1 cm³/mol. The lowest BCUT2D eigenvalue weighted by atomic mass is 10.0. The summed E-state index contributed by atoms with van der Waals surface area (Å²) in [6.07, 6.45) is 2.86. The fourth-order valence-corrected chi connectivity index (χ4v) is 1.36. The summed E-state index contributed by atoms with van der Waals surface area (Å²) in [5, 5.41) is 17.2. The summed E-state index contributed by atoms with van der Waals surface area (Å²) in [4.78, 5) is 20.2. The summed E-state index contributed by atoms with van der Waals surface area (Å²) >= 11 is 0. The molecule has 0 radical (unpaired) electrons. The highest BCUT2D eigenvalue weighted by Gasteiger charge is 2.33. The molecule has 0 bridgehead atoms. The molecule has 1 fully saturated rings. The van der Waals surface area contributed by atoms with Crippen LogP contribution in [0.3, 0.4) is 0 Å². The Morgan fingerprint density at radius 2 is 2.27 bits per heavy atom. The molecule has 0 aliphatic carbocycles. The fourth-order valence-electron chi connectivity index (χ4n) is 1.36. The number of carboxylic acid groups (broad SMARTS) is 1. The zero-order chi connectivity index (χ0) is 10.8. The van der Waals surface area contributed by atoms with Crippen molar-refractivity contribution >= 4 is 11.8 Å². The van der Waals surface area contributed by atoms with Crippen molar-refractivity contribution in [1.29, 1.82) is 5.26 Å². The maximum Gasteiger partial charge on any atom is 0.310 e. The number of aliphatic carboxylic acids is 1. The zero-order valence-corrected chi connectivity index (χ0v) is 7.79. The van der Waals surface area contributed by atoms with E-state index in [-0.39, 0.29) is 11.6 Å². The van der Waals surface area contributed by atoms with Gasteiger partial charge in [0.15, 0.2) is 5.69 Å². The molecule has 1 aliphatic heterocycles. The van der Waals surface area contributed by atoms with Gasteiger partial charge in [0.1, 0.15) is 11.9 Å². The molecule has 1 N–H and O–H groups in total. The van der Waals surface area contributed by atoms with Crippen LogP contribution >= 0.6 is 0 Å². The normalized spacial score (nSPS) is 15.5. The van der Waals surface area contributed by atoms with Crippen molar-refractivity contribution in [3.05, 3.63) is 18.1 Å². The van der Waals surface area contributed by atoms with Gasteiger partial charge >= 0.3 is 5.97 Å². The zero-order valence-electron chi connectivity index (χ0n) is 7.79. The van der Waals surface area contributed by atoms with E-state index in [1.54, 1.807) is 0 Å². The van der Waals surface area contributed by atoms with E-state index in [0.29, 0.717) is 18.9 Å². The van der Waals surface area contributed by atoms with Crippen molar-refractivity contribution in [1.82, 2.24) is 9.97 Å². The number of nitriles is 1. The highest BCUT2D eigenvalue weighted by Crippen LogP contribution is 2.21. The molecule has 1 aromatic rings. The number of nitrogens with zero attached hydrogens (tertiary/aromatic N) is 4. The second-order valence-corrected chi connectivity index (χ2v) is 3.31. The van der Waals surface area contributed by atoms with E-state index in [2.05, 4.69) is 9.97 Å². The van der Waals surface area contributed by atoms with Gasteiger partial charge in [-0.2, -0.15) is 5.26 Å². The van der Waals surface area contributed by atoms with Crippen molar-refractivity contribution < 1.29 is 9.90 Å². The Labute approximate surface area is 85.8 Å². The van der Waals surface area contributed by atoms with Crippen LogP contribution in [0.5, 0.6) is 0 Å². The van der Waals surface area contributed by atoms with Gasteiger partial charge < -0.3 is 10.0 Å². The van der Waals surface area contributed by atoms with E-state index in [1.807, 2.05) is 11.0 Å². The van der Waals surface area contributed by atoms with Crippen molar-refractivity contribution in [2.45, 2.75) is 0 Å². The SMILES string of the molecule is N#Cc1cnc(N2CC(C(=O)O)C2)cn1. The molecule has 0 atom stereocenters. The Morgan fingerprint density at radius 3 is 2.73 bits per heavy atom. The fraction of sp³-hybridized carbons (Fsp3) is 0.333. The molecule has 0 unspecified atom stereocenters. The van der Waals surface area contributed by atoms with Crippen molar-refractivity contribution in [2.75, 3.05) is 18.0 Å². The molecule has 1 saturated heterocycles. The lowest BCUT2D eigenvalue weighted by molar-refractivity contribution is -0.142. The molecule has 2 rings (SSSR count). The minimum absolute atomic E-state index is 0.258. The van der Waals surface area contributed by atoms with Crippen LogP contribution in [0.25, 0.3) is 0 Å². The third kappa shape index (κ3) is 1.72. The minimum Gasteiger partial charge on any atom is -0.481 e. The molecule has 6 nitrogen and oxygen atoms in total. The minimum atomic E-state index is -0.784. The summed E-state index contributed by atoms with van der Waals surface area (Å²) in [5.41, 5.74) is 0.258. The Morgan fingerprint density at radius 1 is 1.53 bits per heavy atom. The average Bonchev–Trinajstić information content (AvgIpc) is 2.16. The van der Waals surface area contributed by atoms with E-state index in [1.165, 1.54) is 12.4 Å². The van der Waals surface area contributed by atoms with Crippen LogP contribution in [0.4, 0.5) is 5.82 Å². The first-order chi connectivity index (χ1) is 7.20. The van der Waals surface area contributed by atoms with Gasteiger partial charge in [-0.25, -0.2) is 9.97 Å². The number of anilines is 1. The van der Waals surface area contributed by atoms with Crippen molar-refractivity contribution in [3.8, 4) is 6.07 Å². The van der Waals surface area contributed by atoms with Gasteiger partial charge in [0.05, 0.1) is 18.3 Å². The Hall–Kier alpha value is -2.16. The predicted octanol–water partition coefficient (Wildman–Crippen LogP) is -0.131. The summed E-state index contributed by atoms with van der Waals surface area (Å²) in [6.45, 7) is 0.909. The molecule has 2 heterocycles. The molecule has 0 aromatic carbocycles. The molecular weight excluding hydrogens is 196 g/mol. The van der Waals surface area contributed by atoms with Crippen LogP contribution in [-0.4, -0.2) is 34.1 Å². The van der Waals surface area contributed by atoms with Gasteiger partial charge in [-0.05, 0) is 0 Å². The number of hydrogen-bond acceptors (Lipinski definition) is 5. The van der Waals surface area contributed by atoms with Crippen LogP contribution in [0.15, 0.2) is 12.4 Å². The van der Waals surface area contributed by atoms with Gasteiger partial charge in [0.2, 0.25) is 0 Å². The summed E-state index contributed by atoms with van der Waals surface area (Å²) < 4.78 is 0. The standard InChI is InChI=1S/C9H8N4O2/c10-1-7-2-12-8(3-11-7)13-4-6(5-13)9(14)15/h2-3,6H,4-5H2,(H,14,15). The molecular formula is C9H8N4O2. The van der Waals surface area contributed by atoms with Crippen molar-refractivity contribution in [2.24, 2.45) is 5.92 Å². The first-order valence-corrected chi connectivity index (χ1v) is 4.40. The van der Waals surface area contributed by atoms with Gasteiger partial charge in [-0.15, -0.1) is 0 Å². The van der Waals surface area contributed by atoms with Gasteiger partial charge in [0.25, 0.3) is 0 Å². The van der Waals surface area contributed by atoms with Crippen LogP contribution in [0.1, 0.15) is 5.69 Å². The monoisotopic (exact) mass is 204 g/mol. The third-order valence-electron chi connectivity index (χ3n) is 2.31. The second-order valence-electron chi connectivity index (χ2n) is 3.31. The molecule has 76 valence electrons. The Kier molecular flexibility index (Phi) is 2.21. The van der Waals surface area contributed by atoms with E-state index < -0.39 is 5.97 Å². The van der Waals surface area contributed by atoms with Gasteiger partial charge in [-0.1, -0.05) is 0 Å². The van der Waals surface area contributed by atoms with Crippen LogP contribution in [-0.2, 0) is 4.79 Å². The molecule has 6 heteroatoms. The molecule has 15 heavy (non-hydrogen) atoms. The Balaban J connectivity index is 2.02. The summed E-state index contributed by atoms with van der Waals surface area (Å²) in [7, 11) is 0. The lowest BCUT2D eigenvalue weighted by Crippen LogP contribution is -2.50. The maximum atomic E-state index is 10.6. The van der Waals surface area contributed by atoms with E-state index in [9.17, 15) is 4.79 Å². The molecule has 0 saturated carbocycles.